The summed E-state index contributed by atoms with van der Waals surface area (Å²) in [5.74, 6) is -0.974. The molecule has 5 amide bonds. The molecule has 1 saturated carbocycles. The zero-order valence-electron chi connectivity index (χ0n) is 32.0. The smallest absolute Gasteiger partial charge is 0.262 e. The zero-order chi connectivity index (χ0) is 39.7. The predicted octanol–water partition coefficient (Wildman–Crippen LogP) is 5.46. The molecule has 3 fully saturated rings. The Hall–Kier alpha value is -5.25. The predicted molar refractivity (Wildman–Crippen MR) is 208 cm³/mol. The SMILES string of the molecule is CC1(C)C(NC(=O)c2ccc(N3CCC(CN4Cc5cc6c(cc5C4)C(=O)N([C@H]4CCC(=O)NC4=O)C6=O)CC3)cc2)C(C)(C)C1Oc1ccc(C#N)c(Cl)c1. The van der Waals surface area contributed by atoms with Crippen molar-refractivity contribution in [2.45, 2.75) is 84.7 Å². The van der Waals surface area contributed by atoms with Crippen molar-refractivity contribution in [1.29, 1.82) is 5.26 Å². The second-order valence-corrected chi connectivity index (χ2v) is 17.5. The number of hydrogen-bond donors (Lipinski definition) is 2. The van der Waals surface area contributed by atoms with E-state index in [4.69, 9.17) is 16.3 Å². The molecule has 2 saturated heterocycles. The van der Waals surface area contributed by atoms with Gasteiger partial charge < -0.3 is 15.0 Å². The van der Waals surface area contributed by atoms with Crippen LogP contribution in [0.4, 0.5) is 5.69 Å². The lowest BCUT2D eigenvalue weighted by Crippen LogP contribution is -2.74. The highest BCUT2D eigenvalue weighted by Crippen LogP contribution is 2.55. The summed E-state index contributed by atoms with van der Waals surface area (Å²) in [6.07, 6.45) is 2.09. The Labute approximate surface area is 331 Å². The van der Waals surface area contributed by atoms with Crippen LogP contribution < -0.4 is 20.3 Å². The van der Waals surface area contributed by atoms with Crippen molar-refractivity contribution < 1.29 is 28.7 Å². The number of halogens is 1. The van der Waals surface area contributed by atoms with Gasteiger partial charge in [0.2, 0.25) is 11.8 Å². The average molecular weight is 777 g/mol. The summed E-state index contributed by atoms with van der Waals surface area (Å²) in [6, 6.07) is 17.5. The van der Waals surface area contributed by atoms with Crippen molar-refractivity contribution in [3.63, 3.8) is 0 Å². The van der Waals surface area contributed by atoms with E-state index in [1.54, 1.807) is 18.2 Å². The van der Waals surface area contributed by atoms with Crippen molar-refractivity contribution in [1.82, 2.24) is 20.4 Å². The lowest BCUT2D eigenvalue weighted by Gasteiger charge is -2.63. The highest BCUT2D eigenvalue weighted by Gasteiger charge is 2.64. The Kier molecular flexibility index (Phi) is 9.45. The van der Waals surface area contributed by atoms with Gasteiger partial charge in [0.05, 0.1) is 21.7 Å². The molecule has 1 atom stereocenters. The lowest BCUT2D eigenvalue weighted by molar-refractivity contribution is -0.164. The fourth-order valence-electron chi connectivity index (χ4n) is 9.94. The standard InChI is InChI=1S/C43H45ClN6O6/c1-42(2)40(43(3,4)41(42)56-30-10-7-26(20-45)33(44)19-30)47-36(52)25-5-8-29(9-6-25)49-15-13-24(14-16-49)21-48-22-27-17-31-32(18-28(27)23-48)39(55)50(38(31)54)34-11-12-35(51)46-37(34)53/h5-10,17-19,24,34,40-41H,11-16,21-23H2,1-4H3,(H,47,52)(H,46,51,53)/t34-,40?,41?/m0/s1. The molecule has 56 heavy (non-hydrogen) atoms. The highest BCUT2D eigenvalue weighted by atomic mass is 35.5. The Bertz CT molecular complexity index is 2140. The van der Waals surface area contributed by atoms with Crippen LogP contribution in [0.1, 0.15) is 101 Å². The lowest BCUT2D eigenvalue weighted by atomic mass is 9.49. The summed E-state index contributed by atoms with van der Waals surface area (Å²) in [5.41, 5.74) is 4.09. The molecule has 12 nitrogen and oxygen atoms in total. The molecule has 4 heterocycles. The molecule has 0 aromatic heterocycles. The largest absolute Gasteiger partial charge is 0.489 e. The molecule has 0 bridgehead atoms. The number of ether oxygens (including phenoxy) is 1. The Morgan fingerprint density at radius 3 is 2.11 bits per heavy atom. The summed E-state index contributed by atoms with van der Waals surface area (Å²) in [6.45, 7) is 12.5. The van der Waals surface area contributed by atoms with Crippen molar-refractivity contribution >= 4 is 46.8 Å². The summed E-state index contributed by atoms with van der Waals surface area (Å²) in [7, 11) is 0. The van der Waals surface area contributed by atoms with Crippen molar-refractivity contribution in [2.75, 3.05) is 24.5 Å². The number of anilines is 1. The van der Waals surface area contributed by atoms with Gasteiger partial charge in [0.15, 0.2) is 0 Å². The molecule has 3 aromatic rings. The van der Waals surface area contributed by atoms with Gasteiger partial charge in [-0.25, -0.2) is 0 Å². The van der Waals surface area contributed by atoms with Gasteiger partial charge >= 0.3 is 0 Å². The van der Waals surface area contributed by atoms with Crippen LogP contribution in [-0.4, -0.2) is 77.2 Å². The van der Waals surface area contributed by atoms with Gasteiger partial charge in [-0.2, -0.15) is 5.26 Å². The molecular formula is C43H45ClN6O6. The van der Waals surface area contributed by atoms with E-state index in [1.165, 1.54) is 0 Å². The first-order valence-electron chi connectivity index (χ1n) is 19.3. The first kappa shape index (κ1) is 37.7. The second-order valence-electron chi connectivity index (χ2n) is 17.1. The van der Waals surface area contributed by atoms with Gasteiger partial charge in [-0.3, -0.25) is 39.1 Å². The molecule has 5 aliphatic rings. The van der Waals surface area contributed by atoms with E-state index in [9.17, 15) is 29.2 Å². The summed E-state index contributed by atoms with van der Waals surface area (Å²) < 4.78 is 6.37. The van der Waals surface area contributed by atoms with Crippen molar-refractivity contribution in [2.24, 2.45) is 16.7 Å². The normalized spacial score (nSPS) is 24.2. The number of hydrogen-bond acceptors (Lipinski definition) is 9. The van der Waals surface area contributed by atoms with Crippen LogP contribution in [-0.2, 0) is 22.7 Å². The second kappa shape index (κ2) is 14.0. The number of nitrogens with zero attached hydrogens (tertiary/aromatic N) is 4. The van der Waals surface area contributed by atoms with Crippen LogP contribution in [0.25, 0.3) is 0 Å². The van der Waals surface area contributed by atoms with Crippen molar-refractivity contribution in [3.8, 4) is 11.8 Å². The van der Waals surface area contributed by atoms with Gasteiger partial charge in [-0.05, 0) is 84.8 Å². The molecule has 290 valence electrons. The first-order chi connectivity index (χ1) is 26.6. The quantitative estimate of drug-likeness (QED) is 0.285. The summed E-state index contributed by atoms with van der Waals surface area (Å²) in [5, 5.41) is 15.1. The Morgan fingerprint density at radius 1 is 0.911 bits per heavy atom. The fraction of sp³-hybridized carbons (Fsp3) is 0.442. The van der Waals surface area contributed by atoms with Gasteiger partial charge in [0.25, 0.3) is 17.7 Å². The number of benzene rings is 3. The number of piperidine rings is 2. The highest BCUT2D eigenvalue weighted by molar-refractivity contribution is 6.31. The van der Waals surface area contributed by atoms with E-state index in [2.05, 4.69) is 54.2 Å². The van der Waals surface area contributed by atoms with E-state index in [1.807, 2.05) is 36.4 Å². The topological polar surface area (TPSA) is 152 Å². The van der Waals surface area contributed by atoms with Crippen LogP contribution >= 0.6 is 11.6 Å². The molecule has 0 radical (unpaired) electrons. The number of carbonyl (C=O) groups is 5. The number of nitrogens with one attached hydrogen (secondary N) is 2. The van der Waals surface area contributed by atoms with Crippen LogP contribution in [0.5, 0.6) is 5.75 Å². The zero-order valence-corrected chi connectivity index (χ0v) is 32.7. The van der Waals surface area contributed by atoms with E-state index in [0.717, 1.165) is 54.2 Å². The van der Waals surface area contributed by atoms with Gasteiger partial charge in [-0.1, -0.05) is 39.3 Å². The van der Waals surface area contributed by atoms with Gasteiger partial charge in [-0.15, -0.1) is 0 Å². The number of amides is 5. The van der Waals surface area contributed by atoms with Crippen LogP contribution in [0, 0.1) is 28.1 Å². The minimum atomic E-state index is -0.966. The summed E-state index contributed by atoms with van der Waals surface area (Å²) >= 11 is 6.25. The molecule has 0 spiro atoms. The first-order valence-corrected chi connectivity index (χ1v) is 19.7. The third kappa shape index (κ3) is 6.50. The van der Waals surface area contributed by atoms with Gasteiger partial charge in [0.1, 0.15) is 24.0 Å². The molecule has 8 rings (SSSR count). The number of rotatable bonds is 8. The fourth-order valence-corrected chi connectivity index (χ4v) is 10.2. The monoisotopic (exact) mass is 776 g/mol. The van der Waals surface area contributed by atoms with E-state index in [0.29, 0.717) is 52.0 Å². The maximum Gasteiger partial charge on any atom is 0.262 e. The number of fused-ring (bicyclic) bond motifs is 2. The Balaban J connectivity index is 0.822. The molecule has 1 aliphatic carbocycles. The van der Waals surface area contributed by atoms with E-state index < -0.39 is 29.7 Å². The number of imide groups is 2. The molecule has 2 N–H and O–H groups in total. The molecule has 0 unspecified atom stereocenters. The third-order valence-electron chi connectivity index (χ3n) is 12.6. The number of carbonyl (C=O) groups excluding carboxylic acids is 5. The van der Waals surface area contributed by atoms with Crippen LogP contribution in [0.15, 0.2) is 54.6 Å². The minimum absolute atomic E-state index is 0.0937. The maximum atomic E-state index is 13.5. The molecule has 3 aromatic carbocycles. The van der Waals surface area contributed by atoms with Gasteiger partial charge in [0, 0.05) is 73.3 Å². The molecule has 13 heteroatoms. The van der Waals surface area contributed by atoms with E-state index >= 15 is 0 Å². The maximum absolute atomic E-state index is 13.5. The van der Waals surface area contributed by atoms with Crippen LogP contribution in [0.3, 0.4) is 0 Å². The molecule has 4 aliphatic heterocycles. The third-order valence-corrected chi connectivity index (χ3v) is 12.9. The van der Waals surface area contributed by atoms with Crippen LogP contribution in [0.2, 0.25) is 5.02 Å². The average Bonchev–Trinajstić information content (AvgIpc) is 3.67. The minimum Gasteiger partial charge on any atom is -0.489 e. The van der Waals surface area contributed by atoms with E-state index in [-0.39, 0.29) is 41.7 Å². The summed E-state index contributed by atoms with van der Waals surface area (Å²) in [4.78, 5) is 69.9. The molecular weight excluding hydrogens is 732 g/mol. The number of nitriles is 1. The van der Waals surface area contributed by atoms with Crippen molar-refractivity contribution in [3.05, 3.63) is 93.0 Å². The Morgan fingerprint density at radius 2 is 1.54 bits per heavy atom.